The summed E-state index contributed by atoms with van der Waals surface area (Å²) in [6.07, 6.45) is -4.14. The molecule has 2 N–H and O–H groups in total. The van der Waals surface area contributed by atoms with Crippen LogP contribution in [0.25, 0.3) is 0 Å². The van der Waals surface area contributed by atoms with Crippen LogP contribution in [0.3, 0.4) is 0 Å². The summed E-state index contributed by atoms with van der Waals surface area (Å²) in [4.78, 5) is 28.4. The average Bonchev–Trinajstić information content (AvgIpc) is 2.92. The zero-order valence-corrected chi connectivity index (χ0v) is 15.8. The third-order valence-electron chi connectivity index (χ3n) is 3.08. The maximum atomic E-state index is 13.0. The first kappa shape index (κ1) is 20.7. The Bertz CT molecular complexity index is 857. The van der Waals surface area contributed by atoms with Gasteiger partial charge in [0.1, 0.15) is 10.5 Å². The number of carbonyl (C=O) groups is 2. The molecule has 0 spiro atoms. The summed E-state index contributed by atoms with van der Waals surface area (Å²) < 4.78 is 44.1. The molecular formula is C17H18F3N3O3S. The molecule has 0 fully saturated rings. The van der Waals surface area contributed by atoms with Crippen molar-refractivity contribution in [1.82, 2.24) is 4.98 Å². The van der Waals surface area contributed by atoms with Crippen LogP contribution in [0.1, 0.15) is 41.0 Å². The number of aromatic nitrogens is 1. The zero-order chi connectivity index (χ0) is 20.4. The van der Waals surface area contributed by atoms with Crippen molar-refractivity contribution >= 4 is 34.7 Å². The van der Waals surface area contributed by atoms with E-state index in [2.05, 4.69) is 15.6 Å². The lowest BCUT2D eigenvalue weighted by Gasteiger charge is -2.21. The maximum Gasteiger partial charge on any atom is 0.416 e. The molecule has 0 radical (unpaired) electrons. The van der Waals surface area contributed by atoms with Crippen LogP contribution in [-0.2, 0) is 10.9 Å². The highest BCUT2D eigenvalue weighted by atomic mass is 32.1. The minimum Gasteiger partial charge on any atom is -0.444 e. The highest BCUT2D eigenvalue weighted by Gasteiger charge is 2.31. The number of halogens is 3. The van der Waals surface area contributed by atoms with E-state index >= 15 is 0 Å². The Kier molecular flexibility index (Phi) is 5.79. The van der Waals surface area contributed by atoms with Gasteiger partial charge in [0.25, 0.3) is 5.91 Å². The number of anilines is 2. The van der Waals surface area contributed by atoms with Crippen LogP contribution in [0, 0.1) is 6.92 Å². The van der Waals surface area contributed by atoms with Gasteiger partial charge in [-0.3, -0.25) is 10.1 Å². The number of benzene rings is 1. The summed E-state index contributed by atoms with van der Waals surface area (Å²) in [7, 11) is 0. The number of aryl methyl sites for hydroxylation is 1. The van der Waals surface area contributed by atoms with Gasteiger partial charge in [-0.1, -0.05) is 0 Å². The van der Waals surface area contributed by atoms with Crippen LogP contribution >= 0.6 is 11.3 Å². The molecule has 0 saturated carbocycles. The predicted molar refractivity (Wildman–Crippen MR) is 96.1 cm³/mol. The van der Waals surface area contributed by atoms with Gasteiger partial charge in [0.15, 0.2) is 0 Å². The van der Waals surface area contributed by atoms with E-state index in [0.29, 0.717) is 5.01 Å². The number of nitrogens with one attached hydrogen (secondary N) is 2. The number of ether oxygens (including phenoxy) is 1. The van der Waals surface area contributed by atoms with Crippen molar-refractivity contribution in [2.45, 2.75) is 39.5 Å². The smallest absolute Gasteiger partial charge is 0.416 e. The fraction of sp³-hybridized carbons (Fsp3) is 0.353. The summed E-state index contributed by atoms with van der Waals surface area (Å²) in [5, 5.41) is 5.37. The first-order valence-corrected chi connectivity index (χ1v) is 8.62. The van der Waals surface area contributed by atoms with Gasteiger partial charge < -0.3 is 10.1 Å². The predicted octanol–water partition coefficient (Wildman–Crippen LogP) is 5.07. The SMILES string of the molecule is Cc1ncc(C(=O)Nc2cc(C(F)(F)F)ccc2NC(=O)OC(C)(C)C)s1. The molecule has 0 saturated heterocycles. The molecule has 146 valence electrons. The van der Waals surface area contributed by atoms with Crippen LogP contribution in [0.2, 0.25) is 0 Å². The normalized spacial score (nSPS) is 11.8. The fourth-order valence-electron chi connectivity index (χ4n) is 2.00. The van der Waals surface area contributed by atoms with E-state index < -0.39 is 29.3 Å². The van der Waals surface area contributed by atoms with Crippen molar-refractivity contribution in [3.8, 4) is 0 Å². The molecule has 1 aromatic heterocycles. The van der Waals surface area contributed by atoms with Crippen molar-refractivity contribution in [3.63, 3.8) is 0 Å². The van der Waals surface area contributed by atoms with E-state index in [9.17, 15) is 22.8 Å². The van der Waals surface area contributed by atoms with Crippen LogP contribution < -0.4 is 10.6 Å². The number of amides is 2. The summed E-state index contributed by atoms with van der Waals surface area (Å²) in [5.74, 6) is -0.632. The highest BCUT2D eigenvalue weighted by Crippen LogP contribution is 2.34. The van der Waals surface area contributed by atoms with Crippen LogP contribution in [0.15, 0.2) is 24.4 Å². The van der Waals surface area contributed by atoms with Crippen molar-refractivity contribution in [2.75, 3.05) is 10.6 Å². The van der Waals surface area contributed by atoms with Crippen molar-refractivity contribution in [1.29, 1.82) is 0 Å². The summed E-state index contributed by atoms with van der Waals surface area (Å²) in [5.41, 5.74) is -1.98. The molecule has 10 heteroatoms. The second-order valence-corrected chi connectivity index (χ2v) is 7.82. The topological polar surface area (TPSA) is 80.3 Å². The van der Waals surface area contributed by atoms with E-state index in [4.69, 9.17) is 4.74 Å². The largest absolute Gasteiger partial charge is 0.444 e. The van der Waals surface area contributed by atoms with Crippen molar-refractivity contribution in [2.24, 2.45) is 0 Å². The van der Waals surface area contributed by atoms with E-state index in [1.807, 2.05) is 0 Å². The summed E-state index contributed by atoms with van der Waals surface area (Å²) in [6.45, 7) is 6.64. The first-order chi connectivity index (χ1) is 12.3. The lowest BCUT2D eigenvalue weighted by molar-refractivity contribution is -0.137. The standard InChI is InChI=1S/C17H18F3N3O3S/c1-9-21-8-13(27-9)14(24)22-12-7-10(17(18,19)20)5-6-11(12)23-15(25)26-16(2,3)4/h5-8H,1-4H3,(H,22,24)(H,23,25). The van der Waals surface area contributed by atoms with Gasteiger partial charge in [-0.15, -0.1) is 11.3 Å². The third kappa shape index (κ3) is 5.95. The van der Waals surface area contributed by atoms with Crippen molar-refractivity contribution < 1.29 is 27.5 Å². The van der Waals surface area contributed by atoms with Crippen LogP contribution in [0.4, 0.5) is 29.3 Å². The Morgan fingerprint density at radius 1 is 1.11 bits per heavy atom. The molecule has 1 aromatic carbocycles. The minimum absolute atomic E-state index is 0.0214. The maximum absolute atomic E-state index is 13.0. The Labute approximate surface area is 157 Å². The molecule has 1 heterocycles. The fourth-order valence-corrected chi connectivity index (χ4v) is 2.67. The molecule has 2 rings (SSSR count). The summed E-state index contributed by atoms with van der Waals surface area (Å²) >= 11 is 1.10. The number of thiazole rings is 1. The molecular weight excluding hydrogens is 383 g/mol. The van der Waals surface area contributed by atoms with Crippen LogP contribution in [0.5, 0.6) is 0 Å². The Morgan fingerprint density at radius 2 is 1.78 bits per heavy atom. The van der Waals surface area contributed by atoms with Gasteiger partial charge in [0, 0.05) is 0 Å². The van der Waals surface area contributed by atoms with E-state index in [0.717, 1.165) is 29.5 Å². The molecule has 0 aliphatic heterocycles. The molecule has 0 aliphatic carbocycles. The highest BCUT2D eigenvalue weighted by molar-refractivity contribution is 7.13. The molecule has 0 aliphatic rings. The molecule has 0 unspecified atom stereocenters. The first-order valence-electron chi connectivity index (χ1n) is 7.80. The lowest BCUT2D eigenvalue weighted by Crippen LogP contribution is -2.27. The van der Waals surface area contributed by atoms with Gasteiger partial charge >= 0.3 is 12.3 Å². The second-order valence-electron chi connectivity index (χ2n) is 6.58. The number of hydrogen-bond donors (Lipinski definition) is 2. The Morgan fingerprint density at radius 3 is 2.30 bits per heavy atom. The molecule has 6 nitrogen and oxygen atoms in total. The number of hydrogen-bond acceptors (Lipinski definition) is 5. The number of carbonyl (C=O) groups excluding carboxylic acids is 2. The molecule has 2 aromatic rings. The lowest BCUT2D eigenvalue weighted by atomic mass is 10.1. The van der Waals surface area contributed by atoms with Crippen LogP contribution in [-0.4, -0.2) is 22.6 Å². The molecule has 27 heavy (non-hydrogen) atoms. The second kappa shape index (κ2) is 7.55. The van der Waals surface area contributed by atoms with Gasteiger partial charge in [-0.2, -0.15) is 13.2 Å². The van der Waals surface area contributed by atoms with Crippen molar-refractivity contribution in [3.05, 3.63) is 39.8 Å². The van der Waals surface area contributed by atoms with Gasteiger partial charge in [-0.05, 0) is 45.9 Å². The van der Waals surface area contributed by atoms with E-state index in [1.165, 1.54) is 6.20 Å². The Balaban J connectivity index is 2.32. The number of rotatable bonds is 3. The monoisotopic (exact) mass is 401 g/mol. The van der Waals surface area contributed by atoms with Gasteiger partial charge in [0.05, 0.1) is 28.1 Å². The van der Waals surface area contributed by atoms with E-state index in [1.54, 1.807) is 27.7 Å². The minimum atomic E-state index is -4.61. The van der Waals surface area contributed by atoms with Gasteiger partial charge in [-0.25, -0.2) is 9.78 Å². The molecule has 0 bridgehead atoms. The third-order valence-corrected chi connectivity index (χ3v) is 3.99. The van der Waals surface area contributed by atoms with E-state index in [-0.39, 0.29) is 16.3 Å². The van der Waals surface area contributed by atoms with Gasteiger partial charge in [0.2, 0.25) is 0 Å². The number of nitrogens with zero attached hydrogens (tertiary/aromatic N) is 1. The quantitative estimate of drug-likeness (QED) is 0.753. The Hall–Kier alpha value is -2.62. The average molecular weight is 401 g/mol. The number of alkyl halides is 3. The zero-order valence-electron chi connectivity index (χ0n) is 15.0. The molecule has 2 amide bonds. The molecule has 0 atom stereocenters. The summed E-state index contributed by atoms with van der Waals surface area (Å²) in [6, 6.07) is 2.61.